The summed E-state index contributed by atoms with van der Waals surface area (Å²) in [7, 11) is 0. The lowest BCUT2D eigenvalue weighted by atomic mass is 10.5. The van der Waals surface area contributed by atoms with Crippen LogP contribution in [0.2, 0.25) is 0 Å². The average molecular weight is 192 g/mol. The number of hydrogen-bond acceptors (Lipinski definition) is 5. The molecule has 14 heavy (non-hydrogen) atoms. The van der Waals surface area contributed by atoms with Gasteiger partial charge in [0.15, 0.2) is 12.1 Å². The molecule has 2 aromatic rings. The summed E-state index contributed by atoms with van der Waals surface area (Å²) in [5.74, 6) is 0.0601. The molecule has 70 valence electrons. The number of azide groups is 1. The highest BCUT2D eigenvalue weighted by Crippen LogP contribution is 2.13. The van der Waals surface area contributed by atoms with Crippen LogP contribution in [0.15, 0.2) is 16.3 Å². The van der Waals surface area contributed by atoms with Gasteiger partial charge in [0.1, 0.15) is 0 Å². The minimum absolute atomic E-state index is 0.0601. The lowest BCUT2D eigenvalue weighted by molar-refractivity contribution is 0.889. The van der Waals surface area contributed by atoms with E-state index in [-0.39, 0.29) is 17.0 Å². The van der Waals surface area contributed by atoms with Gasteiger partial charge in [0.2, 0.25) is 11.2 Å². The number of H-pyrrole nitrogens is 1. The third-order valence-electron chi connectivity index (χ3n) is 1.57. The quantitative estimate of drug-likeness (QED) is 0.366. The Morgan fingerprint density at radius 1 is 1.71 bits per heavy atom. The third kappa shape index (κ3) is 1.04. The van der Waals surface area contributed by atoms with Gasteiger partial charge in [-0.15, -0.1) is 5.53 Å². The van der Waals surface area contributed by atoms with Gasteiger partial charge in [0.05, 0.1) is 0 Å². The summed E-state index contributed by atoms with van der Waals surface area (Å²) >= 11 is 0. The highest BCUT2D eigenvalue weighted by Gasteiger charge is 2.11. The molecule has 3 N–H and O–H groups in total. The molecule has 2 aromatic heterocycles. The molecule has 0 saturated carbocycles. The lowest BCUT2D eigenvalue weighted by Gasteiger charge is -1.92. The van der Waals surface area contributed by atoms with Gasteiger partial charge < -0.3 is 5.73 Å². The first-order valence-corrected chi connectivity index (χ1v) is 3.50. The molecule has 2 heterocycles. The molecule has 0 spiro atoms. The molecule has 0 radical (unpaired) electrons. The first-order valence-electron chi connectivity index (χ1n) is 3.50. The minimum Gasteiger partial charge on any atom is -0.381 e. The van der Waals surface area contributed by atoms with Gasteiger partial charge >= 0.3 is 5.69 Å². The number of imidazole rings is 1. The van der Waals surface area contributed by atoms with Gasteiger partial charge in [-0.05, 0) is 5.22 Å². The molecule has 0 aliphatic rings. The Hall–Kier alpha value is -2.54. The summed E-state index contributed by atoms with van der Waals surface area (Å²) in [4.78, 5) is 23.0. The second kappa shape index (κ2) is 2.75. The number of nitrogens with one attached hydrogen (secondary N) is 1. The first kappa shape index (κ1) is 8.08. The Kier molecular flexibility index (Phi) is 1.58. The fourth-order valence-electron chi connectivity index (χ4n) is 1.07. The van der Waals surface area contributed by atoms with E-state index < -0.39 is 5.69 Å². The van der Waals surface area contributed by atoms with Crippen molar-refractivity contribution in [3.05, 3.63) is 27.3 Å². The van der Waals surface area contributed by atoms with Crippen molar-refractivity contribution in [3.8, 4) is 0 Å². The predicted molar refractivity (Wildman–Crippen MR) is 47.1 cm³/mol. The smallest absolute Gasteiger partial charge is 0.348 e. The van der Waals surface area contributed by atoms with Crippen LogP contribution in [0.25, 0.3) is 21.6 Å². The van der Waals surface area contributed by atoms with E-state index in [1.807, 2.05) is 0 Å². The summed E-state index contributed by atoms with van der Waals surface area (Å²) < 4.78 is 1.09. The van der Waals surface area contributed by atoms with Gasteiger partial charge in [0, 0.05) is 0 Å². The molecular formula is C5H4N8O. The third-order valence-corrected chi connectivity index (χ3v) is 1.57. The Bertz CT molecular complexity index is 587. The zero-order valence-corrected chi connectivity index (χ0v) is 6.75. The zero-order chi connectivity index (χ0) is 10.1. The molecule has 9 heteroatoms. The molecule has 0 atom stereocenters. The molecule has 0 bridgehead atoms. The first-order chi connectivity index (χ1) is 6.72. The van der Waals surface area contributed by atoms with Crippen LogP contribution in [-0.2, 0) is 0 Å². The maximum absolute atomic E-state index is 10.9. The Morgan fingerprint density at radius 3 is 3.21 bits per heavy atom. The molecule has 0 unspecified atom stereocenters. The van der Waals surface area contributed by atoms with Crippen LogP contribution in [0.4, 0.5) is 5.82 Å². The molecule has 0 aliphatic carbocycles. The zero-order valence-electron chi connectivity index (χ0n) is 6.75. The van der Waals surface area contributed by atoms with Gasteiger partial charge in [-0.1, -0.05) is 0 Å². The Balaban J connectivity index is 2.92. The molecule has 9 nitrogen and oxygen atoms in total. The van der Waals surface area contributed by atoms with E-state index in [9.17, 15) is 4.79 Å². The number of nitrogen functional groups attached to an aromatic ring is 1. The van der Waals surface area contributed by atoms with E-state index in [0.717, 1.165) is 4.68 Å². The van der Waals surface area contributed by atoms with Crippen molar-refractivity contribution in [2.45, 2.75) is 0 Å². The number of fused-ring (bicyclic) bond motifs is 1. The highest BCUT2D eigenvalue weighted by atomic mass is 16.1. The predicted octanol–water partition coefficient (Wildman–Crippen LogP) is -0.225. The average Bonchev–Trinajstić information content (AvgIpc) is 2.49. The van der Waals surface area contributed by atoms with Gasteiger partial charge in [-0.3, -0.25) is 4.98 Å². The summed E-state index contributed by atoms with van der Waals surface area (Å²) in [5, 5.41) is 3.28. The Labute approximate surface area is 75.8 Å². The van der Waals surface area contributed by atoms with Crippen molar-refractivity contribution < 1.29 is 0 Å². The number of aromatic amines is 1. The summed E-state index contributed by atoms with van der Waals surface area (Å²) in [6.07, 6.45) is 1.22. The molecular weight excluding hydrogens is 188 g/mol. The summed E-state index contributed by atoms with van der Waals surface area (Å²) in [6, 6.07) is 0. The van der Waals surface area contributed by atoms with Crippen molar-refractivity contribution in [1.29, 1.82) is 0 Å². The molecule has 0 amide bonds. The number of aromatic nitrogens is 4. The van der Waals surface area contributed by atoms with Crippen molar-refractivity contribution in [1.82, 2.24) is 19.6 Å². The van der Waals surface area contributed by atoms with Crippen molar-refractivity contribution >= 4 is 17.0 Å². The normalized spacial score (nSPS) is 10.0. The van der Waals surface area contributed by atoms with Crippen LogP contribution < -0.4 is 11.4 Å². The van der Waals surface area contributed by atoms with Crippen molar-refractivity contribution in [2.24, 2.45) is 5.22 Å². The number of anilines is 1. The second-order valence-electron chi connectivity index (χ2n) is 2.40. The number of hydrogen-bond donors (Lipinski definition) is 2. The maximum Gasteiger partial charge on any atom is 0.348 e. The van der Waals surface area contributed by atoms with E-state index in [1.54, 1.807) is 0 Å². The largest absolute Gasteiger partial charge is 0.381 e. The van der Waals surface area contributed by atoms with Crippen LogP contribution in [-0.4, -0.2) is 19.6 Å². The SMILES string of the molecule is [N-]=[N+]=Nn1cnc2nc(=O)[nH]c(N)c21. The monoisotopic (exact) mass is 192 g/mol. The van der Waals surface area contributed by atoms with Crippen molar-refractivity contribution in [2.75, 3.05) is 5.73 Å². The molecule has 0 aliphatic heterocycles. The van der Waals surface area contributed by atoms with Crippen LogP contribution in [0.5, 0.6) is 0 Å². The van der Waals surface area contributed by atoms with Crippen LogP contribution in [0, 0.1) is 0 Å². The van der Waals surface area contributed by atoms with E-state index in [2.05, 4.69) is 25.1 Å². The molecule has 0 aromatic carbocycles. The van der Waals surface area contributed by atoms with Gasteiger partial charge in [0.25, 0.3) is 0 Å². The number of nitrogens with zero attached hydrogens (tertiary/aromatic N) is 6. The lowest BCUT2D eigenvalue weighted by Crippen LogP contribution is -2.13. The second-order valence-corrected chi connectivity index (χ2v) is 2.40. The van der Waals surface area contributed by atoms with E-state index in [4.69, 9.17) is 11.3 Å². The van der Waals surface area contributed by atoms with Crippen molar-refractivity contribution in [3.63, 3.8) is 0 Å². The highest BCUT2D eigenvalue weighted by molar-refractivity contribution is 5.81. The van der Waals surface area contributed by atoms with E-state index >= 15 is 0 Å². The molecule has 2 rings (SSSR count). The summed E-state index contributed by atoms with van der Waals surface area (Å²) in [5.41, 5.74) is 13.5. The molecule has 0 saturated heterocycles. The van der Waals surface area contributed by atoms with Crippen LogP contribution in [0.1, 0.15) is 0 Å². The van der Waals surface area contributed by atoms with E-state index in [0.29, 0.717) is 0 Å². The molecule has 0 fully saturated rings. The van der Waals surface area contributed by atoms with Gasteiger partial charge in [-0.2, -0.15) is 19.6 Å². The topological polar surface area (TPSA) is 138 Å². The standard InChI is InChI=1S/C5H4N8O/c6-3-2-4(10-5(14)9-3)8-1-13(2)12-11-7/h1H,(H3,6,9,10,14). The fourth-order valence-corrected chi connectivity index (χ4v) is 1.07. The van der Waals surface area contributed by atoms with E-state index in [1.165, 1.54) is 6.33 Å². The van der Waals surface area contributed by atoms with Gasteiger partial charge in [-0.25, -0.2) is 4.79 Å². The Morgan fingerprint density at radius 2 is 2.50 bits per heavy atom. The maximum atomic E-state index is 10.9. The number of nitrogens with two attached hydrogens (primary N) is 1. The minimum atomic E-state index is -0.596. The number of rotatable bonds is 1. The van der Waals surface area contributed by atoms with Crippen LogP contribution >= 0.6 is 0 Å². The summed E-state index contributed by atoms with van der Waals surface area (Å²) in [6.45, 7) is 0. The van der Waals surface area contributed by atoms with Crippen LogP contribution in [0.3, 0.4) is 0 Å². The fraction of sp³-hybridized carbons (Fsp3) is 0.